The second-order valence-electron chi connectivity index (χ2n) is 5.66. The molecule has 0 amide bonds. The maximum absolute atomic E-state index is 12.5. The normalized spacial score (nSPS) is 21.9. The molecule has 0 heterocycles. The third kappa shape index (κ3) is 3.96. The van der Waals surface area contributed by atoms with Crippen LogP contribution in [0.4, 0.5) is 0 Å². The van der Waals surface area contributed by atoms with Crippen molar-refractivity contribution in [3.8, 4) is 5.75 Å². The Morgan fingerprint density at radius 2 is 2.05 bits per heavy atom. The number of rotatable bonds is 7. The fourth-order valence-corrected chi connectivity index (χ4v) is 4.07. The van der Waals surface area contributed by atoms with Gasteiger partial charge in [-0.15, -0.1) is 0 Å². The van der Waals surface area contributed by atoms with E-state index in [0.717, 1.165) is 24.9 Å². The molecule has 5 nitrogen and oxygen atoms in total. The highest BCUT2D eigenvalue weighted by Crippen LogP contribution is 2.30. The van der Waals surface area contributed by atoms with Crippen molar-refractivity contribution >= 4 is 10.0 Å². The highest BCUT2D eigenvalue weighted by molar-refractivity contribution is 7.89. The summed E-state index contributed by atoms with van der Waals surface area (Å²) in [5.41, 5.74) is 0.931. The van der Waals surface area contributed by atoms with Gasteiger partial charge in [0, 0.05) is 12.6 Å². The molecule has 1 aliphatic rings. The Labute approximate surface area is 127 Å². The standard InChI is InChI=1S/C15H24N2O3S/c1-4-16-10-12-5-6-14(20-3)15(9-12)21(18,19)17-13-7-11(2)8-13/h5-6,9,11,13,16-17H,4,7-8,10H2,1-3H3. The summed E-state index contributed by atoms with van der Waals surface area (Å²) in [5.74, 6) is 0.981. The molecule has 0 saturated heterocycles. The van der Waals surface area contributed by atoms with Crippen LogP contribution in [0, 0.1) is 5.92 Å². The first-order valence-corrected chi connectivity index (χ1v) is 8.84. The number of sulfonamides is 1. The van der Waals surface area contributed by atoms with E-state index in [1.54, 1.807) is 12.1 Å². The van der Waals surface area contributed by atoms with Gasteiger partial charge in [0.15, 0.2) is 0 Å². The molecule has 1 aromatic carbocycles. The van der Waals surface area contributed by atoms with Crippen LogP contribution in [0.3, 0.4) is 0 Å². The molecule has 118 valence electrons. The molecule has 0 atom stereocenters. The molecule has 0 unspecified atom stereocenters. The lowest BCUT2D eigenvalue weighted by Crippen LogP contribution is -2.43. The van der Waals surface area contributed by atoms with Crippen molar-refractivity contribution in [2.45, 2.75) is 44.2 Å². The predicted molar refractivity (Wildman–Crippen MR) is 82.9 cm³/mol. The SMILES string of the molecule is CCNCc1ccc(OC)c(S(=O)(=O)NC2CC(C)C2)c1. The average molecular weight is 312 g/mol. The number of methoxy groups -OCH3 is 1. The molecule has 6 heteroatoms. The van der Waals surface area contributed by atoms with E-state index in [-0.39, 0.29) is 10.9 Å². The molecule has 2 N–H and O–H groups in total. The molecule has 0 aliphatic heterocycles. The zero-order chi connectivity index (χ0) is 15.5. The molecule has 0 aromatic heterocycles. The molecule has 0 radical (unpaired) electrons. The predicted octanol–water partition coefficient (Wildman–Crippen LogP) is 1.88. The zero-order valence-electron chi connectivity index (χ0n) is 12.8. The number of benzene rings is 1. The van der Waals surface area contributed by atoms with Gasteiger partial charge in [0.05, 0.1) is 7.11 Å². The minimum absolute atomic E-state index is 0.0483. The molecule has 21 heavy (non-hydrogen) atoms. The highest BCUT2D eigenvalue weighted by atomic mass is 32.2. The minimum atomic E-state index is -3.54. The Balaban J connectivity index is 2.22. The van der Waals surface area contributed by atoms with E-state index in [2.05, 4.69) is 17.0 Å². The van der Waals surface area contributed by atoms with Crippen LogP contribution in [-0.2, 0) is 16.6 Å². The van der Waals surface area contributed by atoms with Crippen molar-refractivity contribution in [2.75, 3.05) is 13.7 Å². The van der Waals surface area contributed by atoms with Gasteiger partial charge in [0.2, 0.25) is 10.0 Å². The van der Waals surface area contributed by atoms with Gasteiger partial charge in [-0.25, -0.2) is 13.1 Å². The summed E-state index contributed by atoms with van der Waals surface area (Å²) in [6.07, 6.45) is 1.80. The largest absolute Gasteiger partial charge is 0.495 e. The zero-order valence-corrected chi connectivity index (χ0v) is 13.7. The molecular formula is C15H24N2O3S. The molecule has 1 aliphatic carbocycles. The maximum Gasteiger partial charge on any atom is 0.244 e. The lowest BCUT2D eigenvalue weighted by molar-refractivity contribution is 0.270. The van der Waals surface area contributed by atoms with E-state index in [1.165, 1.54) is 7.11 Å². The fourth-order valence-electron chi connectivity index (χ4n) is 2.59. The van der Waals surface area contributed by atoms with Crippen LogP contribution in [-0.4, -0.2) is 28.1 Å². The van der Waals surface area contributed by atoms with Gasteiger partial charge < -0.3 is 10.1 Å². The van der Waals surface area contributed by atoms with Crippen molar-refractivity contribution in [1.82, 2.24) is 10.0 Å². The van der Waals surface area contributed by atoms with Crippen LogP contribution in [0.25, 0.3) is 0 Å². The summed E-state index contributed by atoms with van der Waals surface area (Å²) in [4.78, 5) is 0.222. The van der Waals surface area contributed by atoms with Gasteiger partial charge in [0.1, 0.15) is 10.6 Å². The topological polar surface area (TPSA) is 67.4 Å². The summed E-state index contributed by atoms with van der Waals surface area (Å²) >= 11 is 0. The summed E-state index contributed by atoms with van der Waals surface area (Å²) < 4.78 is 33.0. The van der Waals surface area contributed by atoms with Gasteiger partial charge in [-0.05, 0) is 43.0 Å². The van der Waals surface area contributed by atoms with E-state index >= 15 is 0 Å². The molecule has 1 saturated carbocycles. The average Bonchev–Trinajstić information content (AvgIpc) is 2.43. The molecule has 0 bridgehead atoms. The summed E-state index contributed by atoms with van der Waals surface area (Å²) in [5, 5.41) is 3.19. The van der Waals surface area contributed by atoms with Gasteiger partial charge in [-0.2, -0.15) is 0 Å². The third-order valence-electron chi connectivity index (χ3n) is 3.79. The minimum Gasteiger partial charge on any atom is -0.495 e. The van der Waals surface area contributed by atoms with Crippen LogP contribution in [0.15, 0.2) is 23.1 Å². The molecular weight excluding hydrogens is 288 g/mol. The second kappa shape index (κ2) is 6.77. The first-order chi connectivity index (χ1) is 9.96. The monoisotopic (exact) mass is 312 g/mol. The van der Waals surface area contributed by atoms with E-state index < -0.39 is 10.0 Å². The van der Waals surface area contributed by atoms with Gasteiger partial charge in [-0.1, -0.05) is 19.9 Å². The van der Waals surface area contributed by atoms with Crippen LogP contribution in [0.5, 0.6) is 5.75 Å². The quantitative estimate of drug-likeness (QED) is 0.807. The highest BCUT2D eigenvalue weighted by Gasteiger charge is 2.31. The first-order valence-electron chi connectivity index (χ1n) is 7.36. The van der Waals surface area contributed by atoms with Crippen LogP contribution >= 0.6 is 0 Å². The second-order valence-corrected chi connectivity index (χ2v) is 7.34. The van der Waals surface area contributed by atoms with Gasteiger partial charge in [0.25, 0.3) is 0 Å². The van der Waals surface area contributed by atoms with E-state index in [0.29, 0.717) is 18.2 Å². The van der Waals surface area contributed by atoms with E-state index in [9.17, 15) is 8.42 Å². The molecule has 1 aromatic rings. The van der Waals surface area contributed by atoms with Crippen molar-refractivity contribution < 1.29 is 13.2 Å². The van der Waals surface area contributed by atoms with Gasteiger partial charge in [-0.3, -0.25) is 0 Å². The smallest absolute Gasteiger partial charge is 0.244 e. The Bertz CT molecular complexity index is 581. The van der Waals surface area contributed by atoms with Crippen molar-refractivity contribution in [2.24, 2.45) is 5.92 Å². The van der Waals surface area contributed by atoms with Crippen molar-refractivity contribution in [1.29, 1.82) is 0 Å². The van der Waals surface area contributed by atoms with E-state index in [1.807, 2.05) is 13.0 Å². The van der Waals surface area contributed by atoms with Gasteiger partial charge >= 0.3 is 0 Å². The Hall–Kier alpha value is -1.11. The molecule has 0 spiro atoms. The molecule has 2 rings (SSSR count). The van der Waals surface area contributed by atoms with Crippen LogP contribution < -0.4 is 14.8 Å². The van der Waals surface area contributed by atoms with Crippen LogP contribution in [0.1, 0.15) is 32.3 Å². The Morgan fingerprint density at radius 3 is 2.62 bits per heavy atom. The first kappa shape index (κ1) is 16.3. The lowest BCUT2D eigenvalue weighted by Gasteiger charge is -2.33. The summed E-state index contributed by atoms with van der Waals surface area (Å²) in [6, 6.07) is 5.33. The lowest BCUT2D eigenvalue weighted by atomic mass is 9.83. The number of nitrogens with one attached hydrogen (secondary N) is 2. The Morgan fingerprint density at radius 1 is 1.33 bits per heavy atom. The maximum atomic E-state index is 12.5. The van der Waals surface area contributed by atoms with E-state index in [4.69, 9.17) is 4.74 Å². The molecule has 1 fully saturated rings. The fraction of sp³-hybridized carbons (Fsp3) is 0.600. The third-order valence-corrected chi connectivity index (χ3v) is 5.33. The Kier molecular flexibility index (Phi) is 5.24. The summed E-state index contributed by atoms with van der Waals surface area (Å²) in [7, 11) is -2.05. The number of hydrogen-bond acceptors (Lipinski definition) is 4. The van der Waals surface area contributed by atoms with Crippen molar-refractivity contribution in [3.63, 3.8) is 0 Å². The number of ether oxygens (including phenoxy) is 1. The van der Waals surface area contributed by atoms with Crippen LogP contribution in [0.2, 0.25) is 0 Å². The van der Waals surface area contributed by atoms with Crippen molar-refractivity contribution in [3.05, 3.63) is 23.8 Å². The number of hydrogen-bond donors (Lipinski definition) is 2. The summed E-state index contributed by atoms with van der Waals surface area (Å²) in [6.45, 7) is 5.62.